The molecule has 0 aliphatic heterocycles. The van der Waals surface area contributed by atoms with E-state index in [-0.39, 0.29) is 0 Å². The highest BCUT2D eigenvalue weighted by atomic mass is 14.9. The van der Waals surface area contributed by atoms with Crippen LogP contribution in [0.1, 0.15) is 51.7 Å². The molecule has 1 N–H and O–H groups in total. The molecule has 1 atom stereocenters. The van der Waals surface area contributed by atoms with Gasteiger partial charge in [-0.15, -0.1) is 0 Å². The van der Waals surface area contributed by atoms with E-state index >= 15 is 0 Å². The summed E-state index contributed by atoms with van der Waals surface area (Å²) in [5, 5.41) is 3.58. The Hall–Kier alpha value is -0.820. The lowest BCUT2D eigenvalue weighted by molar-refractivity contribution is 0.529. The van der Waals surface area contributed by atoms with Crippen molar-refractivity contribution in [3.63, 3.8) is 0 Å². The van der Waals surface area contributed by atoms with Crippen molar-refractivity contribution in [2.45, 2.75) is 59.5 Å². The lowest BCUT2D eigenvalue weighted by Crippen LogP contribution is -2.25. The van der Waals surface area contributed by atoms with Gasteiger partial charge in [-0.2, -0.15) is 0 Å². The van der Waals surface area contributed by atoms with E-state index in [9.17, 15) is 0 Å². The summed E-state index contributed by atoms with van der Waals surface area (Å²) >= 11 is 0. The zero-order valence-electron chi connectivity index (χ0n) is 11.8. The first-order valence-corrected chi connectivity index (χ1v) is 6.93. The van der Waals surface area contributed by atoms with Crippen LogP contribution < -0.4 is 5.32 Å². The van der Waals surface area contributed by atoms with Crippen molar-refractivity contribution in [1.82, 2.24) is 5.32 Å². The van der Waals surface area contributed by atoms with E-state index in [0.29, 0.717) is 6.04 Å². The Labute approximate surface area is 107 Å². The van der Waals surface area contributed by atoms with Gasteiger partial charge in [-0.3, -0.25) is 0 Å². The van der Waals surface area contributed by atoms with Crippen LogP contribution in [0.5, 0.6) is 0 Å². The summed E-state index contributed by atoms with van der Waals surface area (Å²) in [6.45, 7) is 10.1. The first kappa shape index (κ1) is 14.2. The third-order valence-electron chi connectivity index (χ3n) is 3.36. The molecule has 1 aromatic carbocycles. The first-order chi connectivity index (χ1) is 8.13. The minimum absolute atomic E-state index is 0.605. The average Bonchev–Trinajstić information content (AvgIpc) is 2.34. The summed E-state index contributed by atoms with van der Waals surface area (Å²) in [5.74, 6) is 0.783. The lowest BCUT2D eigenvalue weighted by atomic mass is 9.98. The maximum atomic E-state index is 3.58. The van der Waals surface area contributed by atoms with Crippen LogP contribution in [-0.4, -0.2) is 6.04 Å². The number of hydrogen-bond donors (Lipinski definition) is 1. The maximum absolute atomic E-state index is 3.58. The minimum Gasteiger partial charge on any atom is -0.310 e. The van der Waals surface area contributed by atoms with E-state index in [0.717, 1.165) is 12.5 Å². The van der Waals surface area contributed by atoms with Crippen LogP contribution in [0.25, 0.3) is 0 Å². The summed E-state index contributed by atoms with van der Waals surface area (Å²) in [6.07, 6.45) is 3.67. The largest absolute Gasteiger partial charge is 0.310 e. The molecule has 96 valence electrons. The standard InChI is InChI=1S/C16H27N/c1-5-14(4)17-12-16-9-7-6-8-15(16)11-10-13(2)3/h6-9,13-14,17H,5,10-12H2,1-4H3. The van der Waals surface area contributed by atoms with Gasteiger partial charge in [0.1, 0.15) is 0 Å². The summed E-state index contributed by atoms with van der Waals surface area (Å²) in [6, 6.07) is 9.43. The second-order valence-electron chi connectivity index (χ2n) is 5.39. The second kappa shape index (κ2) is 7.50. The Morgan fingerprint density at radius 1 is 1.06 bits per heavy atom. The Bertz CT molecular complexity index is 317. The molecule has 1 rings (SSSR count). The van der Waals surface area contributed by atoms with Crippen LogP contribution in [-0.2, 0) is 13.0 Å². The molecular weight excluding hydrogens is 206 g/mol. The van der Waals surface area contributed by atoms with Crippen molar-refractivity contribution in [1.29, 1.82) is 0 Å². The van der Waals surface area contributed by atoms with Gasteiger partial charge < -0.3 is 5.32 Å². The van der Waals surface area contributed by atoms with Crippen LogP contribution in [0.3, 0.4) is 0 Å². The van der Waals surface area contributed by atoms with Crippen molar-refractivity contribution in [3.05, 3.63) is 35.4 Å². The van der Waals surface area contributed by atoms with E-state index < -0.39 is 0 Å². The van der Waals surface area contributed by atoms with Gasteiger partial charge in [0.05, 0.1) is 0 Å². The van der Waals surface area contributed by atoms with Gasteiger partial charge in [0.25, 0.3) is 0 Å². The zero-order chi connectivity index (χ0) is 12.7. The van der Waals surface area contributed by atoms with Crippen molar-refractivity contribution in [2.24, 2.45) is 5.92 Å². The molecule has 0 aliphatic carbocycles. The van der Waals surface area contributed by atoms with E-state index in [1.54, 1.807) is 0 Å². The fraction of sp³-hybridized carbons (Fsp3) is 0.625. The van der Waals surface area contributed by atoms with E-state index in [2.05, 4.69) is 57.3 Å². The van der Waals surface area contributed by atoms with Crippen LogP contribution in [0.15, 0.2) is 24.3 Å². The zero-order valence-corrected chi connectivity index (χ0v) is 11.8. The van der Waals surface area contributed by atoms with E-state index in [4.69, 9.17) is 0 Å². The summed E-state index contributed by atoms with van der Waals surface area (Å²) in [7, 11) is 0. The molecule has 1 aromatic rings. The van der Waals surface area contributed by atoms with Crippen molar-refractivity contribution in [2.75, 3.05) is 0 Å². The minimum atomic E-state index is 0.605. The van der Waals surface area contributed by atoms with Crippen molar-refractivity contribution >= 4 is 0 Å². The monoisotopic (exact) mass is 233 g/mol. The van der Waals surface area contributed by atoms with Crippen molar-refractivity contribution < 1.29 is 0 Å². The molecule has 0 aromatic heterocycles. The third kappa shape index (κ3) is 5.36. The molecule has 0 spiro atoms. The molecular formula is C16H27N. The van der Waals surface area contributed by atoms with Crippen LogP contribution in [0.2, 0.25) is 0 Å². The number of benzene rings is 1. The fourth-order valence-corrected chi connectivity index (χ4v) is 1.85. The quantitative estimate of drug-likeness (QED) is 0.745. The van der Waals surface area contributed by atoms with Crippen LogP contribution in [0, 0.1) is 5.92 Å². The highest BCUT2D eigenvalue weighted by Gasteiger charge is 2.04. The van der Waals surface area contributed by atoms with E-state index in [1.165, 1.54) is 30.4 Å². The Balaban J connectivity index is 2.57. The summed E-state index contributed by atoms with van der Waals surface area (Å²) < 4.78 is 0. The van der Waals surface area contributed by atoms with Crippen molar-refractivity contribution in [3.8, 4) is 0 Å². The van der Waals surface area contributed by atoms with Gasteiger partial charge >= 0.3 is 0 Å². The second-order valence-corrected chi connectivity index (χ2v) is 5.39. The fourth-order valence-electron chi connectivity index (χ4n) is 1.85. The van der Waals surface area contributed by atoms with Gasteiger partial charge in [-0.25, -0.2) is 0 Å². The first-order valence-electron chi connectivity index (χ1n) is 6.93. The summed E-state index contributed by atoms with van der Waals surface area (Å²) in [4.78, 5) is 0. The normalized spacial score (nSPS) is 13.0. The van der Waals surface area contributed by atoms with Gasteiger partial charge in [0, 0.05) is 12.6 Å². The molecule has 0 saturated carbocycles. The predicted octanol–water partition coefficient (Wildman–Crippen LogP) is 4.16. The Morgan fingerprint density at radius 3 is 2.29 bits per heavy atom. The molecule has 0 aliphatic rings. The molecule has 0 amide bonds. The smallest absolute Gasteiger partial charge is 0.0210 e. The number of rotatable bonds is 7. The van der Waals surface area contributed by atoms with E-state index in [1.807, 2.05) is 0 Å². The highest BCUT2D eigenvalue weighted by Crippen LogP contribution is 2.14. The topological polar surface area (TPSA) is 12.0 Å². The molecule has 1 heteroatoms. The Kier molecular flexibility index (Phi) is 6.28. The SMILES string of the molecule is CCC(C)NCc1ccccc1CCC(C)C. The lowest BCUT2D eigenvalue weighted by Gasteiger charge is -2.15. The molecule has 1 nitrogen and oxygen atoms in total. The van der Waals surface area contributed by atoms with Gasteiger partial charge in [0.2, 0.25) is 0 Å². The van der Waals surface area contributed by atoms with Gasteiger partial charge in [-0.1, -0.05) is 45.0 Å². The molecule has 17 heavy (non-hydrogen) atoms. The predicted molar refractivity (Wildman–Crippen MR) is 76.2 cm³/mol. The maximum Gasteiger partial charge on any atom is 0.0210 e. The molecule has 0 radical (unpaired) electrons. The molecule has 0 saturated heterocycles. The highest BCUT2D eigenvalue weighted by molar-refractivity contribution is 5.27. The number of aryl methyl sites for hydroxylation is 1. The number of hydrogen-bond acceptors (Lipinski definition) is 1. The third-order valence-corrected chi connectivity index (χ3v) is 3.36. The van der Waals surface area contributed by atoms with Crippen LogP contribution >= 0.6 is 0 Å². The number of nitrogens with one attached hydrogen (secondary N) is 1. The summed E-state index contributed by atoms with van der Waals surface area (Å²) in [5.41, 5.74) is 2.98. The van der Waals surface area contributed by atoms with Crippen LogP contribution in [0.4, 0.5) is 0 Å². The van der Waals surface area contributed by atoms with Gasteiger partial charge in [-0.05, 0) is 43.2 Å². The molecule has 0 bridgehead atoms. The van der Waals surface area contributed by atoms with Gasteiger partial charge in [0.15, 0.2) is 0 Å². The average molecular weight is 233 g/mol. The molecule has 0 heterocycles. The molecule has 0 fully saturated rings. The Morgan fingerprint density at radius 2 is 1.71 bits per heavy atom. The molecule has 1 unspecified atom stereocenters.